The molecule has 0 aromatic rings. The van der Waals surface area contributed by atoms with Crippen LogP contribution in [-0.2, 0) is 4.79 Å². The molecule has 3 amide bonds. The molecule has 1 unspecified atom stereocenters. The van der Waals surface area contributed by atoms with Crippen molar-refractivity contribution < 1.29 is 14.7 Å². The summed E-state index contributed by atoms with van der Waals surface area (Å²) >= 11 is 0. The molecule has 2 rings (SSSR count). The van der Waals surface area contributed by atoms with E-state index >= 15 is 0 Å². The summed E-state index contributed by atoms with van der Waals surface area (Å²) in [6, 6.07) is -0.299. The molecule has 5 nitrogen and oxygen atoms in total. The van der Waals surface area contributed by atoms with E-state index in [-0.39, 0.29) is 24.5 Å². The maximum atomic E-state index is 12.2. The number of hydrogen-bond donors (Lipinski definition) is 2. The SMILES string of the molecule is CC(CO)CN1C(=O)NC2(CCCC2)C1=O. The highest BCUT2D eigenvalue weighted by Gasteiger charge is 2.52. The minimum Gasteiger partial charge on any atom is -0.396 e. The third kappa shape index (κ3) is 1.69. The number of carbonyl (C=O) groups excluding carboxylic acids is 2. The van der Waals surface area contributed by atoms with Gasteiger partial charge in [-0.1, -0.05) is 19.8 Å². The third-order valence-electron chi connectivity index (χ3n) is 3.51. The van der Waals surface area contributed by atoms with Crippen LogP contribution in [0.15, 0.2) is 0 Å². The summed E-state index contributed by atoms with van der Waals surface area (Å²) < 4.78 is 0. The van der Waals surface area contributed by atoms with E-state index in [9.17, 15) is 9.59 Å². The van der Waals surface area contributed by atoms with E-state index in [0.29, 0.717) is 6.54 Å². The lowest BCUT2D eigenvalue weighted by Crippen LogP contribution is -2.44. The summed E-state index contributed by atoms with van der Waals surface area (Å²) in [5.41, 5.74) is -0.619. The summed E-state index contributed by atoms with van der Waals surface area (Å²) in [5.74, 6) is -0.165. The Labute approximate surface area is 94.8 Å². The first kappa shape index (κ1) is 11.4. The van der Waals surface area contributed by atoms with Crippen LogP contribution in [0, 0.1) is 5.92 Å². The zero-order valence-corrected chi connectivity index (χ0v) is 9.53. The quantitative estimate of drug-likeness (QED) is 0.688. The summed E-state index contributed by atoms with van der Waals surface area (Å²) in [4.78, 5) is 25.1. The minimum absolute atomic E-state index is 0.00986. The molecule has 0 aromatic heterocycles. The number of urea groups is 1. The van der Waals surface area contributed by atoms with Crippen LogP contribution in [0.25, 0.3) is 0 Å². The molecular formula is C11H18N2O3. The fourth-order valence-electron chi connectivity index (χ4n) is 2.53. The summed E-state index contributed by atoms with van der Waals surface area (Å²) in [6.45, 7) is 2.12. The van der Waals surface area contributed by atoms with Gasteiger partial charge in [0.25, 0.3) is 5.91 Å². The van der Waals surface area contributed by atoms with Crippen molar-refractivity contribution in [3.05, 3.63) is 0 Å². The van der Waals surface area contributed by atoms with Crippen molar-refractivity contribution in [2.75, 3.05) is 13.2 Å². The zero-order valence-electron chi connectivity index (χ0n) is 9.53. The maximum absolute atomic E-state index is 12.2. The highest BCUT2D eigenvalue weighted by Crippen LogP contribution is 2.35. The van der Waals surface area contributed by atoms with Gasteiger partial charge in [-0.2, -0.15) is 0 Å². The van der Waals surface area contributed by atoms with Crippen molar-refractivity contribution in [2.45, 2.75) is 38.1 Å². The molecule has 1 atom stereocenters. The Morgan fingerprint density at radius 3 is 2.62 bits per heavy atom. The lowest BCUT2D eigenvalue weighted by atomic mass is 9.98. The third-order valence-corrected chi connectivity index (χ3v) is 3.51. The van der Waals surface area contributed by atoms with Gasteiger partial charge >= 0.3 is 6.03 Å². The van der Waals surface area contributed by atoms with Crippen molar-refractivity contribution >= 4 is 11.9 Å². The van der Waals surface area contributed by atoms with Crippen LogP contribution in [0.1, 0.15) is 32.6 Å². The summed E-state index contributed by atoms with van der Waals surface area (Å²) in [6.07, 6.45) is 3.49. The normalized spacial score (nSPS) is 25.2. The van der Waals surface area contributed by atoms with Crippen molar-refractivity contribution in [1.82, 2.24) is 10.2 Å². The average Bonchev–Trinajstić information content (AvgIpc) is 2.81. The van der Waals surface area contributed by atoms with Gasteiger partial charge in [0, 0.05) is 13.2 Å². The number of rotatable bonds is 3. The van der Waals surface area contributed by atoms with Crippen LogP contribution in [0.2, 0.25) is 0 Å². The Kier molecular flexibility index (Phi) is 2.88. The van der Waals surface area contributed by atoms with Crippen molar-refractivity contribution in [1.29, 1.82) is 0 Å². The predicted molar refractivity (Wildman–Crippen MR) is 57.7 cm³/mol. The van der Waals surface area contributed by atoms with E-state index in [4.69, 9.17) is 5.11 Å². The Morgan fingerprint density at radius 2 is 2.06 bits per heavy atom. The molecule has 2 fully saturated rings. The van der Waals surface area contributed by atoms with Crippen LogP contribution < -0.4 is 5.32 Å². The number of nitrogens with one attached hydrogen (secondary N) is 1. The Bertz CT molecular complexity index is 310. The molecule has 90 valence electrons. The second-order valence-corrected chi connectivity index (χ2v) is 4.92. The number of aliphatic hydroxyl groups is 1. The number of hydrogen-bond acceptors (Lipinski definition) is 3. The highest BCUT2D eigenvalue weighted by molar-refractivity contribution is 6.07. The van der Waals surface area contributed by atoms with Gasteiger partial charge in [-0.25, -0.2) is 4.79 Å². The number of nitrogens with zero attached hydrogens (tertiary/aromatic N) is 1. The van der Waals surface area contributed by atoms with E-state index in [0.717, 1.165) is 25.7 Å². The van der Waals surface area contributed by atoms with Gasteiger partial charge in [0.05, 0.1) is 0 Å². The van der Waals surface area contributed by atoms with E-state index in [1.807, 2.05) is 6.92 Å². The van der Waals surface area contributed by atoms with Gasteiger partial charge in [-0.15, -0.1) is 0 Å². The fraction of sp³-hybridized carbons (Fsp3) is 0.818. The van der Waals surface area contributed by atoms with Gasteiger partial charge in [-0.05, 0) is 18.8 Å². The van der Waals surface area contributed by atoms with Crippen LogP contribution in [0.4, 0.5) is 4.79 Å². The molecule has 5 heteroatoms. The first-order valence-electron chi connectivity index (χ1n) is 5.84. The predicted octanol–water partition coefficient (Wildman–Crippen LogP) is 0.479. The smallest absolute Gasteiger partial charge is 0.325 e. The maximum Gasteiger partial charge on any atom is 0.325 e. The lowest BCUT2D eigenvalue weighted by molar-refractivity contribution is -0.131. The van der Waals surface area contributed by atoms with Crippen molar-refractivity contribution in [3.8, 4) is 0 Å². The monoisotopic (exact) mass is 226 g/mol. The van der Waals surface area contributed by atoms with E-state index in [1.54, 1.807) is 0 Å². The largest absolute Gasteiger partial charge is 0.396 e. The van der Waals surface area contributed by atoms with E-state index < -0.39 is 5.54 Å². The van der Waals surface area contributed by atoms with Gasteiger partial charge in [0.2, 0.25) is 0 Å². The molecule has 2 aliphatic rings. The molecule has 0 bridgehead atoms. The topological polar surface area (TPSA) is 69.6 Å². The van der Waals surface area contributed by atoms with Gasteiger partial charge in [0.1, 0.15) is 5.54 Å². The second-order valence-electron chi connectivity index (χ2n) is 4.92. The molecule has 1 spiro atoms. The summed E-state index contributed by atoms with van der Waals surface area (Å²) in [5, 5.41) is 11.8. The molecule has 16 heavy (non-hydrogen) atoms. The Balaban J connectivity index is 2.10. The Hall–Kier alpha value is -1.10. The van der Waals surface area contributed by atoms with Gasteiger partial charge in [-0.3, -0.25) is 9.69 Å². The van der Waals surface area contributed by atoms with Gasteiger partial charge in [0.15, 0.2) is 0 Å². The number of carbonyl (C=O) groups is 2. The Morgan fingerprint density at radius 1 is 1.44 bits per heavy atom. The number of aliphatic hydroxyl groups excluding tert-OH is 1. The van der Waals surface area contributed by atoms with E-state index in [2.05, 4.69) is 5.32 Å². The highest BCUT2D eigenvalue weighted by atomic mass is 16.3. The lowest BCUT2D eigenvalue weighted by Gasteiger charge is -2.21. The second kappa shape index (κ2) is 4.05. The molecule has 1 saturated heterocycles. The van der Waals surface area contributed by atoms with Crippen LogP contribution in [0.3, 0.4) is 0 Å². The van der Waals surface area contributed by atoms with Crippen LogP contribution in [-0.4, -0.2) is 40.6 Å². The molecule has 1 heterocycles. The van der Waals surface area contributed by atoms with Crippen LogP contribution >= 0.6 is 0 Å². The molecule has 2 N–H and O–H groups in total. The number of amides is 3. The molecule has 0 radical (unpaired) electrons. The van der Waals surface area contributed by atoms with Crippen molar-refractivity contribution in [2.24, 2.45) is 5.92 Å². The van der Waals surface area contributed by atoms with Crippen LogP contribution in [0.5, 0.6) is 0 Å². The molecule has 1 aliphatic carbocycles. The zero-order chi connectivity index (χ0) is 11.8. The van der Waals surface area contributed by atoms with Crippen molar-refractivity contribution in [3.63, 3.8) is 0 Å². The number of imide groups is 1. The van der Waals surface area contributed by atoms with E-state index in [1.165, 1.54) is 4.90 Å². The summed E-state index contributed by atoms with van der Waals surface area (Å²) in [7, 11) is 0. The van der Waals surface area contributed by atoms with Gasteiger partial charge < -0.3 is 10.4 Å². The first-order valence-corrected chi connectivity index (χ1v) is 5.84. The minimum atomic E-state index is -0.619. The average molecular weight is 226 g/mol. The molecule has 1 aliphatic heterocycles. The molecule has 1 saturated carbocycles. The fourth-order valence-corrected chi connectivity index (χ4v) is 2.53. The molecule has 0 aromatic carbocycles. The molecular weight excluding hydrogens is 208 g/mol. The first-order chi connectivity index (χ1) is 7.59. The standard InChI is InChI=1S/C11H18N2O3/c1-8(7-14)6-13-9(15)11(12-10(13)16)4-2-3-5-11/h8,14H,2-7H2,1H3,(H,12,16).